The molecule has 4 rings (SSSR count). The summed E-state index contributed by atoms with van der Waals surface area (Å²) in [6.45, 7) is 0.450. The molecule has 9 nitrogen and oxygen atoms in total. The highest BCUT2D eigenvalue weighted by Crippen LogP contribution is 2.34. The van der Waals surface area contributed by atoms with Crippen LogP contribution in [0.15, 0.2) is 36.7 Å². The number of nitrogens with two attached hydrogens (primary N) is 1. The van der Waals surface area contributed by atoms with E-state index >= 15 is 0 Å². The van der Waals surface area contributed by atoms with Gasteiger partial charge in [-0.05, 0) is 18.4 Å². The molecule has 0 amide bonds. The van der Waals surface area contributed by atoms with Crippen LogP contribution < -0.4 is 11.1 Å². The summed E-state index contributed by atoms with van der Waals surface area (Å²) in [5.74, 6) is 0.847. The first kappa shape index (κ1) is 18.6. The minimum Gasteiger partial charge on any atom is -0.394 e. The Bertz CT molecular complexity index is 932. The molecule has 1 aliphatic rings. The van der Waals surface area contributed by atoms with E-state index in [1.165, 1.54) is 11.9 Å². The van der Waals surface area contributed by atoms with Gasteiger partial charge in [0.2, 0.25) is 5.95 Å². The molecule has 0 unspecified atom stereocenters. The van der Waals surface area contributed by atoms with Crippen molar-refractivity contribution >= 4 is 22.9 Å². The molecule has 1 aromatic carbocycles. The number of hydrogen-bond donors (Lipinski definition) is 4. The molecule has 2 aromatic heterocycles. The summed E-state index contributed by atoms with van der Waals surface area (Å²) in [7, 11) is 0. The zero-order valence-corrected chi connectivity index (χ0v) is 15.4. The number of imidazole rings is 1. The van der Waals surface area contributed by atoms with Gasteiger partial charge < -0.3 is 26.0 Å². The number of nitrogen functional groups attached to an aromatic ring is 1. The summed E-state index contributed by atoms with van der Waals surface area (Å²) in [5.41, 5.74) is 8.26. The zero-order chi connectivity index (χ0) is 19.5. The highest BCUT2D eigenvalue weighted by Gasteiger charge is 2.36. The summed E-state index contributed by atoms with van der Waals surface area (Å²) in [4.78, 5) is 12.9. The van der Waals surface area contributed by atoms with E-state index in [1.54, 1.807) is 4.57 Å². The zero-order valence-electron chi connectivity index (χ0n) is 15.4. The van der Waals surface area contributed by atoms with E-state index in [1.807, 2.05) is 18.2 Å². The minimum atomic E-state index is -0.752. The fourth-order valence-electron chi connectivity index (χ4n) is 3.50. The third-order valence-electron chi connectivity index (χ3n) is 4.95. The lowest BCUT2D eigenvalue weighted by molar-refractivity contribution is -0.0425. The van der Waals surface area contributed by atoms with Crippen LogP contribution in [0.4, 0.5) is 11.8 Å². The molecule has 0 bridgehead atoms. The SMILES string of the molecule is Nc1ncnc2c1nc(NCCCc1ccccc1)n2[C@H]1C[C@H](O)[C@@H](CO)O1. The Balaban J connectivity index is 1.54. The van der Waals surface area contributed by atoms with Crippen LogP contribution in [0.2, 0.25) is 0 Å². The number of aliphatic hydroxyl groups is 2. The molecule has 1 aliphatic heterocycles. The molecule has 0 radical (unpaired) electrons. The second-order valence-electron chi connectivity index (χ2n) is 6.87. The topological polar surface area (TPSA) is 131 Å². The van der Waals surface area contributed by atoms with Gasteiger partial charge in [-0.15, -0.1) is 0 Å². The average molecular weight is 384 g/mol. The maximum absolute atomic E-state index is 10.1. The predicted molar refractivity (Wildman–Crippen MR) is 105 cm³/mol. The van der Waals surface area contributed by atoms with Crippen LogP contribution in [0, 0.1) is 0 Å². The summed E-state index contributed by atoms with van der Waals surface area (Å²) in [5, 5.41) is 22.8. The lowest BCUT2D eigenvalue weighted by Gasteiger charge is -2.17. The summed E-state index contributed by atoms with van der Waals surface area (Å²) in [6, 6.07) is 10.3. The molecule has 1 fully saturated rings. The first-order valence-corrected chi connectivity index (χ1v) is 9.38. The molecular formula is C19H24N6O3. The molecule has 0 aliphatic carbocycles. The van der Waals surface area contributed by atoms with Crippen molar-refractivity contribution in [3.05, 3.63) is 42.2 Å². The van der Waals surface area contributed by atoms with E-state index in [9.17, 15) is 10.2 Å². The number of nitrogens with one attached hydrogen (secondary N) is 1. The molecule has 3 heterocycles. The molecule has 28 heavy (non-hydrogen) atoms. The molecular weight excluding hydrogens is 360 g/mol. The minimum absolute atomic E-state index is 0.249. The monoisotopic (exact) mass is 384 g/mol. The van der Waals surface area contributed by atoms with Gasteiger partial charge >= 0.3 is 0 Å². The summed E-state index contributed by atoms with van der Waals surface area (Å²) < 4.78 is 7.60. The van der Waals surface area contributed by atoms with Crippen molar-refractivity contribution in [2.75, 3.05) is 24.2 Å². The number of aliphatic hydroxyl groups excluding tert-OH is 2. The molecule has 1 saturated heterocycles. The maximum atomic E-state index is 10.1. The number of hydrogen-bond acceptors (Lipinski definition) is 8. The van der Waals surface area contributed by atoms with Crippen LogP contribution in [0.3, 0.4) is 0 Å². The quantitative estimate of drug-likeness (QED) is 0.445. The van der Waals surface area contributed by atoms with Crippen molar-refractivity contribution in [1.82, 2.24) is 19.5 Å². The number of nitrogens with zero attached hydrogens (tertiary/aromatic N) is 4. The van der Waals surface area contributed by atoms with Gasteiger partial charge in [-0.25, -0.2) is 15.0 Å². The van der Waals surface area contributed by atoms with Crippen LogP contribution in [0.5, 0.6) is 0 Å². The number of aryl methyl sites for hydroxylation is 1. The number of fused-ring (bicyclic) bond motifs is 1. The van der Waals surface area contributed by atoms with Crippen LogP contribution >= 0.6 is 0 Å². The molecule has 148 valence electrons. The van der Waals surface area contributed by atoms with E-state index in [-0.39, 0.29) is 12.4 Å². The molecule has 5 N–H and O–H groups in total. The van der Waals surface area contributed by atoms with Gasteiger partial charge in [0, 0.05) is 13.0 Å². The Labute approximate surface area is 162 Å². The molecule has 3 aromatic rings. The highest BCUT2D eigenvalue weighted by atomic mass is 16.5. The van der Waals surface area contributed by atoms with Crippen LogP contribution in [-0.2, 0) is 11.2 Å². The van der Waals surface area contributed by atoms with Gasteiger partial charge in [-0.3, -0.25) is 4.57 Å². The fourth-order valence-corrected chi connectivity index (χ4v) is 3.50. The molecule has 9 heteroatoms. The maximum Gasteiger partial charge on any atom is 0.207 e. The van der Waals surface area contributed by atoms with Gasteiger partial charge in [0.15, 0.2) is 17.0 Å². The van der Waals surface area contributed by atoms with Crippen molar-refractivity contribution in [1.29, 1.82) is 0 Å². The second-order valence-corrected chi connectivity index (χ2v) is 6.87. The Kier molecular flexibility index (Phi) is 5.38. The summed E-state index contributed by atoms with van der Waals surface area (Å²) in [6.07, 6.45) is 1.69. The van der Waals surface area contributed by atoms with E-state index < -0.39 is 18.4 Å². The average Bonchev–Trinajstić information content (AvgIpc) is 3.26. The fraction of sp³-hybridized carbons (Fsp3) is 0.421. The van der Waals surface area contributed by atoms with Crippen LogP contribution in [0.25, 0.3) is 11.2 Å². The van der Waals surface area contributed by atoms with Crippen molar-refractivity contribution in [3.8, 4) is 0 Å². The first-order chi connectivity index (χ1) is 13.7. The number of aromatic nitrogens is 4. The lowest BCUT2D eigenvalue weighted by Crippen LogP contribution is -2.24. The normalized spacial score (nSPS) is 22.0. The van der Waals surface area contributed by atoms with Crippen molar-refractivity contribution in [2.24, 2.45) is 0 Å². The van der Waals surface area contributed by atoms with Crippen LogP contribution in [-0.4, -0.2) is 55.1 Å². The smallest absolute Gasteiger partial charge is 0.207 e. The Hall–Kier alpha value is -2.75. The predicted octanol–water partition coefficient (Wildman–Crippen LogP) is 1.09. The van der Waals surface area contributed by atoms with Crippen molar-refractivity contribution in [3.63, 3.8) is 0 Å². The number of benzene rings is 1. The summed E-state index contributed by atoms with van der Waals surface area (Å²) >= 11 is 0. The van der Waals surface area contributed by atoms with E-state index in [2.05, 4.69) is 32.4 Å². The molecule has 0 spiro atoms. The third-order valence-corrected chi connectivity index (χ3v) is 4.95. The highest BCUT2D eigenvalue weighted by molar-refractivity contribution is 5.84. The molecule has 3 atom stereocenters. The third kappa shape index (κ3) is 3.64. The van der Waals surface area contributed by atoms with E-state index in [4.69, 9.17) is 10.5 Å². The van der Waals surface area contributed by atoms with E-state index in [0.29, 0.717) is 30.1 Å². The van der Waals surface area contributed by atoms with Gasteiger partial charge in [0.05, 0.1) is 12.7 Å². The number of ether oxygens (including phenoxy) is 1. The number of anilines is 2. The van der Waals surface area contributed by atoms with Gasteiger partial charge in [-0.2, -0.15) is 0 Å². The Morgan fingerprint density at radius 3 is 2.82 bits per heavy atom. The largest absolute Gasteiger partial charge is 0.394 e. The van der Waals surface area contributed by atoms with Crippen molar-refractivity contribution < 1.29 is 14.9 Å². The van der Waals surface area contributed by atoms with Gasteiger partial charge in [0.25, 0.3) is 0 Å². The standard InChI is InChI=1S/C19H24N6O3/c20-17-16-18(23-11-22-17)25(15-9-13(27)14(10-26)28-15)19(24-16)21-8-4-7-12-5-2-1-3-6-12/h1-3,5-6,11,13-15,26-27H,4,7-10H2,(H,21,24)(H2,20,22,23)/t13-,14+,15+/m0/s1. The number of rotatable bonds is 7. The van der Waals surface area contributed by atoms with Gasteiger partial charge in [-0.1, -0.05) is 30.3 Å². The Morgan fingerprint density at radius 2 is 2.07 bits per heavy atom. The Morgan fingerprint density at radius 1 is 1.25 bits per heavy atom. The van der Waals surface area contributed by atoms with Crippen LogP contribution in [0.1, 0.15) is 24.6 Å². The second kappa shape index (κ2) is 8.09. The molecule has 0 saturated carbocycles. The van der Waals surface area contributed by atoms with E-state index in [0.717, 1.165) is 12.8 Å². The lowest BCUT2D eigenvalue weighted by atomic mass is 10.1. The van der Waals surface area contributed by atoms with Crippen molar-refractivity contribution in [2.45, 2.75) is 37.7 Å². The first-order valence-electron chi connectivity index (χ1n) is 9.38. The van der Waals surface area contributed by atoms with Gasteiger partial charge in [0.1, 0.15) is 18.7 Å².